The van der Waals surface area contributed by atoms with E-state index in [1.54, 1.807) is 4.90 Å². The van der Waals surface area contributed by atoms with Crippen molar-refractivity contribution in [2.75, 3.05) is 20.4 Å². The summed E-state index contributed by atoms with van der Waals surface area (Å²) >= 11 is 0. The highest BCUT2D eigenvalue weighted by Gasteiger charge is 2.24. The minimum atomic E-state index is -0.284. The Morgan fingerprint density at radius 1 is 1.29 bits per heavy atom. The number of hydrogen-bond donors (Lipinski definition) is 0. The molecular weight excluding hydrogens is 222 g/mol. The lowest BCUT2D eigenvalue weighted by atomic mass is 9.99. The largest absolute Gasteiger partial charge is 0.454 e. The van der Waals surface area contributed by atoms with Crippen LogP contribution in [0.2, 0.25) is 0 Å². The number of amides is 1. The van der Waals surface area contributed by atoms with Crippen molar-refractivity contribution in [3.8, 4) is 11.5 Å². The van der Waals surface area contributed by atoms with Gasteiger partial charge in [0.05, 0.1) is 7.11 Å². The van der Waals surface area contributed by atoms with E-state index in [1.165, 1.54) is 12.7 Å². The number of methoxy groups -OCH3 is 1. The monoisotopic (exact) mass is 235 g/mol. The summed E-state index contributed by atoms with van der Waals surface area (Å²) in [4.78, 5) is 13.1. The van der Waals surface area contributed by atoms with Gasteiger partial charge in [0.1, 0.15) is 0 Å². The molecule has 0 aromatic heterocycles. The number of ether oxygens (including phenoxy) is 3. The summed E-state index contributed by atoms with van der Waals surface area (Å²) in [6, 6.07) is 3.96. The van der Waals surface area contributed by atoms with Crippen LogP contribution in [0, 0.1) is 0 Å². The average molecular weight is 235 g/mol. The van der Waals surface area contributed by atoms with Crippen LogP contribution in [0.3, 0.4) is 0 Å². The highest BCUT2D eigenvalue weighted by Crippen LogP contribution is 2.36. The van der Waals surface area contributed by atoms with Crippen molar-refractivity contribution in [1.29, 1.82) is 0 Å². The van der Waals surface area contributed by atoms with E-state index in [0.717, 1.165) is 23.5 Å². The molecule has 90 valence electrons. The summed E-state index contributed by atoms with van der Waals surface area (Å²) in [6.45, 7) is 1.52. The van der Waals surface area contributed by atoms with Gasteiger partial charge in [-0.3, -0.25) is 0 Å². The Morgan fingerprint density at radius 2 is 2.00 bits per heavy atom. The van der Waals surface area contributed by atoms with Gasteiger partial charge in [-0.25, -0.2) is 4.79 Å². The van der Waals surface area contributed by atoms with Crippen molar-refractivity contribution < 1.29 is 19.0 Å². The minimum absolute atomic E-state index is 0.277. The summed E-state index contributed by atoms with van der Waals surface area (Å²) < 4.78 is 15.4. The molecule has 1 amide bonds. The van der Waals surface area contributed by atoms with Crippen LogP contribution in [-0.2, 0) is 17.7 Å². The maximum absolute atomic E-state index is 11.5. The number of nitrogens with zero attached hydrogens (tertiary/aromatic N) is 1. The van der Waals surface area contributed by atoms with Crippen LogP contribution in [0.4, 0.5) is 4.79 Å². The molecule has 0 radical (unpaired) electrons. The molecular formula is C12H13NO4. The van der Waals surface area contributed by atoms with E-state index in [4.69, 9.17) is 14.2 Å². The van der Waals surface area contributed by atoms with Crippen LogP contribution in [-0.4, -0.2) is 31.4 Å². The molecule has 5 nitrogen and oxygen atoms in total. The molecule has 1 aromatic rings. The molecule has 0 saturated heterocycles. The summed E-state index contributed by atoms with van der Waals surface area (Å²) in [7, 11) is 1.40. The highest BCUT2D eigenvalue weighted by molar-refractivity contribution is 5.68. The number of benzene rings is 1. The van der Waals surface area contributed by atoms with E-state index in [0.29, 0.717) is 13.1 Å². The molecule has 0 unspecified atom stereocenters. The molecule has 5 heteroatoms. The molecule has 3 rings (SSSR count). The van der Waals surface area contributed by atoms with E-state index in [9.17, 15) is 4.79 Å². The summed E-state index contributed by atoms with van der Waals surface area (Å²) in [5.41, 5.74) is 2.32. The van der Waals surface area contributed by atoms with Gasteiger partial charge in [0.15, 0.2) is 11.5 Å². The molecule has 1 aromatic carbocycles. The fourth-order valence-electron chi connectivity index (χ4n) is 2.23. The highest BCUT2D eigenvalue weighted by atomic mass is 16.7. The fourth-order valence-corrected chi connectivity index (χ4v) is 2.23. The van der Waals surface area contributed by atoms with Crippen molar-refractivity contribution in [3.05, 3.63) is 23.3 Å². The Labute approximate surface area is 98.9 Å². The summed E-state index contributed by atoms with van der Waals surface area (Å²) in [5.74, 6) is 1.56. The predicted octanol–water partition coefficient (Wildman–Crippen LogP) is 1.54. The third kappa shape index (κ3) is 1.67. The first-order valence-electron chi connectivity index (χ1n) is 5.52. The molecule has 0 atom stereocenters. The lowest BCUT2D eigenvalue weighted by Crippen LogP contribution is -2.35. The number of hydrogen-bond acceptors (Lipinski definition) is 4. The van der Waals surface area contributed by atoms with Gasteiger partial charge in [0, 0.05) is 13.1 Å². The smallest absolute Gasteiger partial charge is 0.409 e. The van der Waals surface area contributed by atoms with Gasteiger partial charge in [0.25, 0.3) is 0 Å². The van der Waals surface area contributed by atoms with Gasteiger partial charge in [-0.2, -0.15) is 0 Å². The minimum Gasteiger partial charge on any atom is -0.454 e. The molecule has 0 N–H and O–H groups in total. The van der Waals surface area contributed by atoms with Gasteiger partial charge < -0.3 is 19.1 Å². The number of carbonyl (C=O) groups excluding carboxylic acids is 1. The molecule has 0 saturated carbocycles. The lowest BCUT2D eigenvalue weighted by molar-refractivity contribution is 0.118. The van der Waals surface area contributed by atoms with E-state index in [2.05, 4.69) is 0 Å². The SMILES string of the molecule is COC(=O)N1CCc2cc3c(cc2C1)OCO3. The third-order valence-electron chi connectivity index (χ3n) is 3.14. The fraction of sp³-hybridized carbons (Fsp3) is 0.417. The second-order valence-corrected chi connectivity index (χ2v) is 4.12. The molecule has 17 heavy (non-hydrogen) atoms. The van der Waals surface area contributed by atoms with Crippen LogP contribution >= 0.6 is 0 Å². The predicted molar refractivity (Wildman–Crippen MR) is 59.1 cm³/mol. The Balaban J connectivity index is 1.89. The zero-order chi connectivity index (χ0) is 11.8. The first-order valence-corrected chi connectivity index (χ1v) is 5.52. The quantitative estimate of drug-likeness (QED) is 0.684. The maximum Gasteiger partial charge on any atom is 0.409 e. The first-order chi connectivity index (χ1) is 8.28. The van der Waals surface area contributed by atoms with Gasteiger partial charge in [-0.1, -0.05) is 0 Å². The molecule has 2 heterocycles. The zero-order valence-corrected chi connectivity index (χ0v) is 9.56. The standard InChI is InChI=1S/C12H13NO4/c1-15-12(14)13-3-2-8-4-10-11(17-7-16-10)5-9(8)6-13/h4-5H,2-3,6-7H2,1H3. The van der Waals surface area contributed by atoms with Gasteiger partial charge in [0.2, 0.25) is 6.79 Å². The van der Waals surface area contributed by atoms with Gasteiger partial charge >= 0.3 is 6.09 Å². The number of rotatable bonds is 0. The molecule has 0 bridgehead atoms. The van der Waals surface area contributed by atoms with Gasteiger partial charge in [-0.15, -0.1) is 0 Å². The van der Waals surface area contributed by atoms with Crippen molar-refractivity contribution in [1.82, 2.24) is 4.90 Å². The third-order valence-corrected chi connectivity index (χ3v) is 3.14. The molecule has 0 aliphatic carbocycles. The number of carbonyl (C=O) groups is 1. The van der Waals surface area contributed by atoms with Crippen LogP contribution in [0.1, 0.15) is 11.1 Å². The van der Waals surface area contributed by atoms with E-state index >= 15 is 0 Å². The Hall–Kier alpha value is -1.91. The zero-order valence-electron chi connectivity index (χ0n) is 9.56. The maximum atomic E-state index is 11.5. The second kappa shape index (κ2) is 3.84. The van der Waals surface area contributed by atoms with E-state index < -0.39 is 0 Å². The normalized spacial score (nSPS) is 16.6. The van der Waals surface area contributed by atoms with E-state index in [1.807, 2.05) is 12.1 Å². The van der Waals surface area contributed by atoms with Crippen molar-refractivity contribution >= 4 is 6.09 Å². The second-order valence-electron chi connectivity index (χ2n) is 4.12. The van der Waals surface area contributed by atoms with Crippen molar-refractivity contribution in [2.45, 2.75) is 13.0 Å². The molecule has 2 aliphatic heterocycles. The lowest BCUT2D eigenvalue weighted by Gasteiger charge is -2.27. The van der Waals surface area contributed by atoms with Crippen molar-refractivity contribution in [3.63, 3.8) is 0 Å². The Bertz CT molecular complexity index is 472. The summed E-state index contributed by atoms with van der Waals surface area (Å²) in [5, 5.41) is 0. The van der Waals surface area contributed by atoms with Gasteiger partial charge in [-0.05, 0) is 29.7 Å². The Morgan fingerprint density at radius 3 is 2.71 bits per heavy atom. The Kier molecular flexibility index (Phi) is 2.31. The number of fused-ring (bicyclic) bond motifs is 2. The topological polar surface area (TPSA) is 48.0 Å². The molecule has 2 aliphatic rings. The van der Waals surface area contributed by atoms with Crippen LogP contribution in [0.15, 0.2) is 12.1 Å². The average Bonchev–Trinajstić information content (AvgIpc) is 2.81. The van der Waals surface area contributed by atoms with Crippen molar-refractivity contribution in [2.24, 2.45) is 0 Å². The molecule has 0 spiro atoms. The van der Waals surface area contributed by atoms with Crippen LogP contribution in [0.25, 0.3) is 0 Å². The van der Waals surface area contributed by atoms with Crippen LogP contribution < -0.4 is 9.47 Å². The molecule has 0 fully saturated rings. The van der Waals surface area contributed by atoms with E-state index in [-0.39, 0.29) is 12.9 Å². The first kappa shape index (κ1) is 10.3. The summed E-state index contributed by atoms with van der Waals surface area (Å²) in [6.07, 6.45) is 0.537. The van der Waals surface area contributed by atoms with Crippen LogP contribution in [0.5, 0.6) is 11.5 Å².